The van der Waals surface area contributed by atoms with Crippen LogP contribution in [-0.2, 0) is 19.4 Å². The summed E-state index contributed by atoms with van der Waals surface area (Å²) in [5.41, 5.74) is 7.33. The summed E-state index contributed by atoms with van der Waals surface area (Å²) in [7, 11) is 1.80. The second kappa shape index (κ2) is 8.16. The molecule has 1 aliphatic heterocycles. The highest BCUT2D eigenvalue weighted by Crippen LogP contribution is 2.36. The van der Waals surface area contributed by atoms with Crippen LogP contribution in [0.3, 0.4) is 0 Å². The number of hydrogen-bond donors (Lipinski definition) is 2. The first kappa shape index (κ1) is 19.7. The summed E-state index contributed by atoms with van der Waals surface area (Å²) >= 11 is 0. The van der Waals surface area contributed by atoms with Gasteiger partial charge in [-0.15, -0.1) is 0 Å². The number of nitrogens with zero attached hydrogens (tertiary/aromatic N) is 4. The number of fused-ring (bicyclic) bond motifs is 5. The second-order valence-electron chi connectivity index (χ2n) is 8.48. The standard InChI is InChI=1S/C26H24N6O/c1-27-26-31-24-23-21(14-30-24)19-6-7-22-20(10-19)9-17(13-29-22)5-3-2-4-16-8-18(12-28-11-16)15-33-25(23)32-26/h6-14H,2-5,15H2,1H3,(H2,27,30,31,32). The lowest BCUT2D eigenvalue weighted by atomic mass is 10.0. The van der Waals surface area contributed by atoms with Crippen molar-refractivity contribution in [2.75, 3.05) is 12.4 Å². The van der Waals surface area contributed by atoms with Gasteiger partial charge in [0.2, 0.25) is 11.8 Å². The van der Waals surface area contributed by atoms with Gasteiger partial charge in [-0.3, -0.25) is 9.97 Å². The van der Waals surface area contributed by atoms with Crippen LogP contribution >= 0.6 is 0 Å². The molecule has 7 nitrogen and oxygen atoms in total. The fourth-order valence-electron chi connectivity index (χ4n) is 4.49. The summed E-state index contributed by atoms with van der Waals surface area (Å²) in [5, 5.41) is 5.03. The van der Waals surface area contributed by atoms with E-state index in [0.717, 1.165) is 64.3 Å². The molecule has 0 saturated carbocycles. The van der Waals surface area contributed by atoms with Crippen molar-refractivity contribution >= 4 is 27.9 Å². The molecule has 33 heavy (non-hydrogen) atoms. The highest BCUT2D eigenvalue weighted by molar-refractivity contribution is 5.99. The third-order valence-electron chi connectivity index (χ3n) is 6.18. The van der Waals surface area contributed by atoms with Crippen molar-refractivity contribution in [2.24, 2.45) is 0 Å². The molecule has 4 aromatic heterocycles. The average molecular weight is 437 g/mol. The predicted octanol–water partition coefficient (Wildman–Crippen LogP) is 5.07. The van der Waals surface area contributed by atoms with Crippen molar-refractivity contribution in [3.05, 3.63) is 71.8 Å². The Kier molecular flexibility index (Phi) is 4.87. The first-order chi connectivity index (χ1) is 16.3. The Balaban J connectivity index is 1.54. The number of ether oxygens (including phenoxy) is 1. The molecule has 2 N–H and O–H groups in total. The fraction of sp³-hybridized carbons (Fsp3) is 0.231. The zero-order valence-electron chi connectivity index (χ0n) is 18.4. The zero-order chi connectivity index (χ0) is 22.2. The lowest BCUT2D eigenvalue weighted by molar-refractivity contribution is 0.297. The molecule has 5 bridgehead atoms. The van der Waals surface area contributed by atoms with Crippen molar-refractivity contribution in [3.8, 4) is 17.0 Å². The van der Waals surface area contributed by atoms with Gasteiger partial charge >= 0.3 is 0 Å². The van der Waals surface area contributed by atoms with E-state index in [4.69, 9.17) is 9.72 Å². The third-order valence-corrected chi connectivity index (χ3v) is 6.18. The minimum absolute atomic E-state index is 0.393. The number of aromatic nitrogens is 5. The number of pyridine rings is 2. The Hall–Kier alpha value is -4.00. The Bertz CT molecular complexity index is 1470. The van der Waals surface area contributed by atoms with E-state index in [1.807, 2.05) is 24.8 Å². The van der Waals surface area contributed by atoms with Gasteiger partial charge in [0.05, 0.1) is 10.9 Å². The summed E-state index contributed by atoms with van der Waals surface area (Å²) in [6, 6.07) is 10.8. The average Bonchev–Trinajstić information content (AvgIpc) is 3.28. The van der Waals surface area contributed by atoms with Crippen LogP contribution in [-0.4, -0.2) is 32.0 Å². The molecule has 1 aliphatic rings. The smallest absolute Gasteiger partial charge is 0.228 e. The summed E-state index contributed by atoms with van der Waals surface area (Å²) in [4.78, 5) is 21.7. The molecule has 0 amide bonds. The van der Waals surface area contributed by atoms with E-state index in [9.17, 15) is 0 Å². The van der Waals surface area contributed by atoms with Gasteiger partial charge in [0.15, 0.2) is 0 Å². The number of aryl methyl sites for hydroxylation is 2. The SMILES string of the molecule is CNc1nc2c3c(c[nH]c3n1)-c1ccc3ncc(cc3c1)CCCCc1cncc(c1)CO2. The van der Waals surface area contributed by atoms with Gasteiger partial charge in [0, 0.05) is 48.3 Å². The number of anilines is 1. The van der Waals surface area contributed by atoms with Crippen LogP contribution in [0.4, 0.5) is 5.95 Å². The molecule has 5 aromatic rings. The minimum Gasteiger partial charge on any atom is -0.472 e. The summed E-state index contributed by atoms with van der Waals surface area (Å²) in [6.07, 6.45) is 12.0. The summed E-state index contributed by atoms with van der Waals surface area (Å²) < 4.78 is 6.26. The monoisotopic (exact) mass is 436 g/mol. The maximum atomic E-state index is 6.26. The highest BCUT2D eigenvalue weighted by atomic mass is 16.5. The van der Waals surface area contributed by atoms with Crippen LogP contribution in [0.1, 0.15) is 29.5 Å². The Morgan fingerprint density at radius 1 is 0.939 bits per heavy atom. The molecule has 164 valence electrons. The van der Waals surface area contributed by atoms with Crippen molar-refractivity contribution in [3.63, 3.8) is 0 Å². The number of hydrogen-bond acceptors (Lipinski definition) is 6. The molecule has 0 saturated heterocycles. The first-order valence-corrected chi connectivity index (χ1v) is 11.3. The number of benzene rings is 1. The number of aromatic amines is 1. The van der Waals surface area contributed by atoms with Gasteiger partial charge < -0.3 is 15.0 Å². The predicted molar refractivity (Wildman–Crippen MR) is 129 cm³/mol. The van der Waals surface area contributed by atoms with Crippen molar-refractivity contribution < 1.29 is 4.74 Å². The number of H-pyrrole nitrogens is 1. The molecule has 6 rings (SSSR count). The van der Waals surface area contributed by atoms with Gasteiger partial charge in [-0.25, -0.2) is 0 Å². The Morgan fingerprint density at radius 3 is 2.67 bits per heavy atom. The van der Waals surface area contributed by atoms with Crippen LogP contribution in [0.25, 0.3) is 33.1 Å². The van der Waals surface area contributed by atoms with Gasteiger partial charge in [-0.1, -0.05) is 6.07 Å². The van der Waals surface area contributed by atoms with Crippen LogP contribution in [0.15, 0.2) is 55.1 Å². The minimum atomic E-state index is 0.393. The van der Waals surface area contributed by atoms with Crippen molar-refractivity contribution in [1.82, 2.24) is 24.9 Å². The first-order valence-electron chi connectivity index (χ1n) is 11.3. The van der Waals surface area contributed by atoms with Crippen LogP contribution in [0, 0.1) is 0 Å². The molecule has 0 unspecified atom stereocenters. The van der Waals surface area contributed by atoms with Gasteiger partial charge in [-0.2, -0.15) is 9.97 Å². The zero-order valence-corrected chi connectivity index (χ0v) is 18.4. The largest absolute Gasteiger partial charge is 0.472 e. The second-order valence-corrected chi connectivity index (χ2v) is 8.48. The van der Waals surface area contributed by atoms with E-state index in [2.05, 4.69) is 55.6 Å². The van der Waals surface area contributed by atoms with Crippen LogP contribution in [0.5, 0.6) is 5.88 Å². The van der Waals surface area contributed by atoms with Crippen molar-refractivity contribution in [2.45, 2.75) is 32.3 Å². The molecular formula is C26H24N6O. The maximum absolute atomic E-state index is 6.26. The van der Waals surface area contributed by atoms with E-state index in [0.29, 0.717) is 18.4 Å². The third kappa shape index (κ3) is 3.75. The number of rotatable bonds is 1. The topological polar surface area (TPSA) is 88.6 Å². The number of nitrogens with one attached hydrogen (secondary N) is 2. The quantitative estimate of drug-likeness (QED) is 0.381. The van der Waals surface area contributed by atoms with Crippen LogP contribution in [0.2, 0.25) is 0 Å². The summed E-state index contributed by atoms with van der Waals surface area (Å²) in [5.74, 6) is 1.05. The molecule has 0 fully saturated rings. The fourth-order valence-corrected chi connectivity index (χ4v) is 4.49. The van der Waals surface area contributed by atoms with Crippen LogP contribution < -0.4 is 10.1 Å². The molecule has 7 heteroatoms. The maximum Gasteiger partial charge on any atom is 0.228 e. The Labute approximate surface area is 191 Å². The molecule has 0 radical (unpaired) electrons. The molecule has 1 aromatic carbocycles. The van der Waals surface area contributed by atoms with Crippen molar-refractivity contribution in [1.29, 1.82) is 0 Å². The van der Waals surface area contributed by atoms with Gasteiger partial charge in [-0.05, 0) is 66.6 Å². The Morgan fingerprint density at radius 2 is 1.79 bits per heavy atom. The normalized spacial score (nSPS) is 13.8. The van der Waals surface area contributed by atoms with E-state index < -0.39 is 0 Å². The molecule has 5 heterocycles. The highest BCUT2D eigenvalue weighted by Gasteiger charge is 2.17. The lowest BCUT2D eigenvalue weighted by Crippen LogP contribution is -2.03. The van der Waals surface area contributed by atoms with E-state index in [1.165, 1.54) is 11.1 Å². The van der Waals surface area contributed by atoms with E-state index in [-0.39, 0.29) is 0 Å². The lowest BCUT2D eigenvalue weighted by Gasteiger charge is -2.11. The molecular weight excluding hydrogens is 412 g/mol. The molecule has 0 aliphatic carbocycles. The summed E-state index contributed by atoms with van der Waals surface area (Å²) in [6.45, 7) is 0.393. The van der Waals surface area contributed by atoms with Gasteiger partial charge in [0.1, 0.15) is 12.3 Å². The molecule has 0 spiro atoms. The van der Waals surface area contributed by atoms with E-state index >= 15 is 0 Å². The van der Waals surface area contributed by atoms with Gasteiger partial charge in [0.25, 0.3) is 0 Å². The molecule has 0 atom stereocenters. The van der Waals surface area contributed by atoms with E-state index in [1.54, 1.807) is 7.05 Å².